The molecule has 0 aliphatic rings. The Morgan fingerprint density at radius 1 is 1.15 bits per heavy atom. The van der Waals surface area contributed by atoms with Gasteiger partial charge in [-0.25, -0.2) is 9.18 Å². The maximum Gasteiger partial charge on any atom is 0.349 e. The molecule has 1 N–H and O–H groups in total. The van der Waals surface area contributed by atoms with Gasteiger partial charge in [0.25, 0.3) is 5.91 Å². The number of esters is 1. The molecule has 1 aromatic heterocycles. The number of carbonyl (C=O) groups is 2. The summed E-state index contributed by atoms with van der Waals surface area (Å²) >= 11 is 1.12. The first kappa shape index (κ1) is 19.0. The molecule has 1 heterocycles. The van der Waals surface area contributed by atoms with Gasteiger partial charge in [0.05, 0.1) is 6.61 Å². The van der Waals surface area contributed by atoms with Crippen molar-refractivity contribution in [1.29, 1.82) is 0 Å². The van der Waals surface area contributed by atoms with Gasteiger partial charge in [-0.15, -0.1) is 11.3 Å². The number of hydrogen-bond acceptors (Lipinski definition) is 5. The third-order valence-corrected chi connectivity index (χ3v) is 5.17. The summed E-state index contributed by atoms with van der Waals surface area (Å²) < 4.78 is 25.1. The van der Waals surface area contributed by atoms with Gasteiger partial charge in [-0.3, -0.25) is 4.79 Å². The van der Waals surface area contributed by atoms with Crippen LogP contribution in [-0.2, 0) is 20.9 Å². The van der Waals surface area contributed by atoms with E-state index in [-0.39, 0.29) is 11.5 Å². The van der Waals surface area contributed by atoms with Crippen LogP contribution in [0.4, 0.5) is 10.1 Å². The van der Waals surface area contributed by atoms with Crippen LogP contribution in [-0.4, -0.2) is 25.6 Å². The average molecular weight is 387 g/mol. The second-order valence-electron chi connectivity index (χ2n) is 5.89. The topological polar surface area (TPSA) is 64.6 Å². The first-order valence-electron chi connectivity index (χ1n) is 8.22. The molecule has 0 atom stereocenters. The minimum atomic E-state index is -0.678. The fraction of sp³-hybridized carbons (Fsp3) is 0.200. The molecule has 5 nitrogen and oxygen atoms in total. The monoisotopic (exact) mass is 387 g/mol. The fourth-order valence-electron chi connectivity index (χ4n) is 2.71. The molecule has 0 spiro atoms. The predicted molar refractivity (Wildman–Crippen MR) is 103 cm³/mol. The Morgan fingerprint density at radius 2 is 1.93 bits per heavy atom. The molecular weight excluding hydrogens is 369 g/mol. The minimum Gasteiger partial charge on any atom is -0.451 e. The van der Waals surface area contributed by atoms with Gasteiger partial charge in [-0.2, -0.15) is 0 Å². The van der Waals surface area contributed by atoms with Gasteiger partial charge < -0.3 is 14.8 Å². The number of aryl methyl sites for hydroxylation is 1. The van der Waals surface area contributed by atoms with Crippen LogP contribution >= 0.6 is 11.3 Å². The number of benzene rings is 2. The second-order valence-corrected chi connectivity index (χ2v) is 6.95. The maximum absolute atomic E-state index is 14.2. The number of rotatable bonds is 6. The van der Waals surface area contributed by atoms with Crippen LogP contribution < -0.4 is 5.32 Å². The first-order chi connectivity index (χ1) is 13.0. The molecule has 140 valence electrons. The number of halogens is 1. The van der Waals surface area contributed by atoms with Crippen LogP contribution in [0.5, 0.6) is 0 Å². The number of thiophene rings is 1. The first-order valence-corrected chi connectivity index (χ1v) is 9.04. The number of methoxy groups -OCH3 is 1. The zero-order valence-corrected chi connectivity index (χ0v) is 15.7. The molecule has 0 fully saturated rings. The van der Waals surface area contributed by atoms with Crippen LogP contribution in [0.15, 0.2) is 42.5 Å². The number of para-hydroxylation sites is 1. The Labute approximate surface area is 159 Å². The quantitative estimate of drug-likeness (QED) is 0.641. The zero-order chi connectivity index (χ0) is 19.4. The Morgan fingerprint density at radius 3 is 2.67 bits per heavy atom. The normalized spacial score (nSPS) is 10.8. The Bertz CT molecular complexity index is 999. The molecule has 3 aromatic rings. The van der Waals surface area contributed by atoms with Gasteiger partial charge in [-0.05, 0) is 30.7 Å². The lowest BCUT2D eigenvalue weighted by molar-refractivity contribution is -0.119. The Kier molecular flexibility index (Phi) is 5.83. The Balaban J connectivity index is 1.74. The molecule has 0 aliphatic heterocycles. The summed E-state index contributed by atoms with van der Waals surface area (Å²) in [6.07, 6.45) is 0. The molecule has 2 aromatic carbocycles. The van der Waals surface area contributed by atoms with Gasteiger partial charge in [0.1, 0.15) is 10.7 Å². The largest absolute Gasteiger partial charge is 0.451 e. The summed E-state index contributed by atoms with van der Waals surface area (Å²) in [5.74, 6) is -1.55. The Hall–Kier alpha value is -2.77. The third kappa shape index (κ3) is 4.15. The van der Waals surface area contributed by atoms with Crippen molar-refractivity contribution < 1.29 is 23.5 Å². The molecule has 0 aliphatic carbocycles. The van der Waals surface area contributed by atoms with Gasteiger partial charge in [-0.1, -0.05) is 24.3 Å². The van der Waals surface area contributed by atoms with E-state index in [9.17, 15) is 14.0 Å². The summed E-state index contributed by atoms with van der Waals surface area (Å²) in [5, 5.41) is 3.04. The lowest BCUT2D eigenvalue weighted by atomic mass is 10.1. The van der Waals surface area contributed by atoms with Gasteiger partial charge in [0.2, 0.25) is 0 Å². The van der Waals surface area contributed by atoms with Crippen molar-refractivity contribution in [3.05, 3.63) is 64.3 Å². The molecule has 0 unspecified atom stereocenters. The van der Waals surface area contributed by atoms with Crippen molar-refractivity contribution in [3.8, 4) is 0 Å². The van der Waals surface area contributed by atoms with Crippen LogP contribution in [0.2, 0.25) is 0 Å². The molecule has 0 saturated carbocycles. The van der Waals surface area contributed by atoms with Crippen LogP contribution in [0.1, 0.15) is 20.8 Å². The highest BCUT2D eigenvalue weighted by Crippen LogP contribution is 2.34. The molecule has 7 heteroatoms. The van der Waals surface area contributed by atoms with Crippen LogP contribution in [0.3, 0.4) is 0 Å². The summed E-state index contributed by atoms with van der Waals surface area (Å²) in [4.78, 5) is 24.8. The van der Waals surface area contributed by atoms with E-state index in [0.717, 1.165) is 16.9 Å². The second kappa shape index (κ2) is 8.28. The van der Waals surface area contributed by atoms with E-state index in [2.05, 4.69) is 5.32 Å². The lowest BCUT2D eigenvalue weighted by Gasteiger charge is -2.09. The summed E-state index contributed by atoms with van der Waals surface area (Å²) in [5.41, 5.74) is 1.99. The van der Waals surface area contributed by atoms with E-state index in [1.54, 1.807) is 24.3 Å². The van der Waals surface area contributed by atoms with Crippen molar-refractivity contribution in [2.45, 2.75) is 13.5 Å². The van der Waals surface area contributed by atoms with Crippen molar-refractivity contribution in [1.82, 2.24) is 0 Å². The molecule has 3 rings (SSSR count). The highest BCUT2D eigenvalue weighted by atomic mass is 32.1. The third-order valence-electron chi connectivity index (χ3n) is 3.99. The summed E-state index contributed by atoms with van der Waals surface area (Å²) in [6, 6.07) is 11.9. The molecule has 27 heavy (non-hydrogen) atoms. The fourth-order valence-corrected chi connectivity index (χ4v) is 3.83. The number of amides is 1. The maximum atomic E-state index is 14.2. The number of carbonyl (C=O) groups excluding carboxylic acids is 2. The lowest BCUT2D eigenvalue weighted by Crippen LogP contribution is -2.21. The summed E-state index contributed by atoms with van der Waals surface area (Å²) in [7, 11) is 1.47. The van der Waals surface area contributed by atoms with Gasteiger partial charge >= 0.3 is 5.97 Å². The zero-order valence-electron chi connectivity index (χ0n) is 14.9. The van der Waals surface area contributed by atoms with Gasteiger partial charge in [0, 0.05) is 28.4 Å². The molecule has 0 bridgehead atoms. The van der Waals surface area contributed by atoms with Gasteiger partial charge in [0.15, 0.2) is 6.61 Å². The number of fused-ring (bicyclic) bond motifs is 1. The highest BCUT2D eigenvalue weighted by molar-refractivity contribution is 7.21. The average Bonchev–Trinajstić information content (AvgIpc) is 3.02. The van der Waals surface area contributed by atoms with Crippen LogP contribution in [0, 0.1) is 12.7 Å². The number of hydrogen-bond donors (Lipinski definition) is 1. The molecular formula is C20H18FNO4S. The molecule has 0 radical (unpaired) electrons. The van der Waals surface area contributed by atoms with E-state index in [4.69, 9.17) is 9.47 Å². The van der Waals surface area contributed by atoms with E-state index in [0.29, 0.717) is 21.3 Å². The van der Waals surface area contributed by atoms with Crippen molar-refractivity contribution in [3.63, 3.8) is 0 Å². The number of nitrogens with one attached hydrogen (secondary N) is 1. The summed E-state index contributed by atoms with van der Waals surface area (Å²) in [6.45, 7) is 1.50. The number of ether oxygens (including phenoxy) is 2. The van der Waals surface area contributed by atoms with Crippen molar-refractivity contribution in [2.75, 3.05) is 19.0 Å². The number of anilines is 1. The van der Waals surface area contributed by atoms with E-state index < -0.39 is 24.3 Å². The molecule has 1 amide bonds. The highest BCUT2D eigenvalue weighted by Gasteiger charge is 2.22. The smallest absolute Gasteiger partial charge is 0.349 e. The van der Waals surface area contributed by atoms with E-state index in [1.807, 2.05) is 19.1 Å². The predicted octanol–water partition coefficient (Wildman–Crippen LogP) is 4.29. The molecule has 0 saturated heterocycles. The standard InChI is InChI=1S/C20H18FNO4S/c1-12-6-3-4-8-15(12)22-17(23)11-26-20(24)19-13(10-25-2)18-14(21)7-5-9-16(18)27-19/h3-9H,10-11H2,1-2H3,(H,22,23). The van der Waals surface area contributed by atoms with E-state index >= 15 is 0 Å². The van der Waals surface area contributed by atoms with Crippen LogP contribution in [0.25, 0.3) is 10.1 Å². The van der Waals surface area contributed by atoms with Crippen molar-refractivity contribution >= 4 is 39.0 Å². The van der Waals surface area contributed by atoms with Crippen molar-refractivity contribution in [2.24, 2.45) is 0 Å². The minimum absolute atomic E-state index is 0.0702. The SMILES string of the molecule is COCc1c(C(=O)OCC(=O)Nc2ccccc2C)sc2cccc(F)c12. The van der Waals surface area contributed by atoms with E-state index in [1.165, 1.54) is 13.2 Å².